The molecule has 2 rings (SSSR count). The van der Waals surface area contributed by atoms with Crippen LogP contribution in [0.25, 0.3) is 12.2 Å². The Balaban J connectivity index is 2.21. The molecule has 2 aromatic rings. The molecule has 2 heteroatoms. The number of nitrogens with zero attached hydrogens (tertiary/aromatic N) is 2. The Labute approximate surface area is 94.5 Å². The van der Waals surface area contributed by atoms with Crippen LogP contribution in [0.1, 0.15) is 16.7 Å². The SMILES string of the molecule is N#Cc1cccc(C=Cc2ccncc2)c1. The van der Waals surface area contributed by atoms with Crippen molar-refractivity contribution in [2.75, 3.05) is 0 Å². The van der Waals surface area contributed by atoms with E-state index in [9.17, 15) is 0 Å². The van der Waals surface area contributed by atoms with Crippen molar-refractivity contribution in [2.24, 2.45) is 0 Å². The van der Waals surface area contributed by atoms with Gasteiger partial charge in [-0.1, -0.05) is 24.3 Å². The van der Waals surface area contributed by atoms with Crippen LogP contribution in [0.2, 0.25) is 0 Å². The molecule has 0 aliphatic heterocycles. The summed E-state index contributed by atoms with van der Waals surface area (Å²) < 4.78 is 0. The molecule has 1 heterocycles. The zero-order valence-electron chi connectivity index (χ0n) is 8.67. The third kappa shape index (κ3) is 2.55. The minimum absolute atomic E-state index is 0.678. The molecule has 1 aromatic carbocycles. The topological polar surface area (TPSA) is 36.7 Å². The number of hydrogen-bond donors (Lipinski definition) is 0. The van der Waals surface area contributed by atoms with Crippen molar-refractivity contribution in [1.82, 2.24) is 4.98 Å². The first-order chi connectivity index (χ1) is 7.88. The molecule has 0 atom stereocenters. The molecule has 1 aromatic heterocycles. The standard InChI is InChI=1S/C14H10N2/c15-11-14-3-1-2-13(10-14)5-4-12-6-8-16-9-7-12/h1-10H. The maximum Gasteiger partial charge on any atom is 0.0991 e. The molecule has 0 spiro atoms. The van der Waals surface area contributed by atoms with E-state index in [0.717, 1.165) is 11.1 Å². The minimum Gasteiger partial charge on any atom is -0.265 e. The molecule has 0 fully saturated rings. The Kier molecular flexibility index (Phi) is 3.10. The number of hydrogen-bond acceptors (Lipinski definition) is 2. The van der Waals surface area contributed by atoms with Gasteiger partial charge in [0.15, 0.2) is 0 Å². The normalized spacial score (nSPS) is 10.2. The van der Waals surface area contributed by atoms with E-state index < -0.39 is 0 Å². The largest absolute Gasteiger partial charge is 0.265 e. The summed E-state index contributed by atoms with van der Waals surface area (Å²) in [6, 6.07) is 13.5. The van der Waals surface area contributed by atoms with Crippen LogP contribution < -0.4 is 0 Å². The molecule has 16 heavy (non-hydrogen) atoms. The van der Waals surface area contributed by atoms with Crippen LogP contribution in [0.15, 0.2) is 48.8 Å². The van der Waals surface area contributed by atoms with Gasteiger partial charge >= 0.3 is 0 Å². The molecule has 0 saturated carbocycles. The van der Waals surface area contributed by atoms with Gasteiger partial charge in [0, 0.05) is 12.4 Å². The van der Waals surface area contributed by atoms with Crippen molar-refractivity contribution >= 4 is 12.2 Å². The third-order valence-electron chi connectivity index (χ3n) is 2.19. The fourth-order valence-corrected chi connectivity index (χ4v) is 1.38. The fourth-order valence-electron chi connectivity index (χ4n) is 1.38. The van der Waals surface area contributed by atoms with E-state index in [1.807, 2.05) is 42.5 Å². The van der Waals surface area contributed by atoms with Crippen LogP contribution in [0.5, 0.6) is 0 Å². The predicted octanol–water partition coefficient (Wildman–Crippen LogP) is 3.12. The van der Waals surface area contributed by atoms with Gasteiger partial charge in [0.2, 0.25) is 0 Å². The Morgan fingerprint density at radius 1 is 1.00 bits per heavy atom. The van der Waals surface area contributed by atoms with Crippen LogP contribution in [-0.2, 0) is 0 Å². The first-order valence-corrected chi connectivity index (χ1v) is 4.97. The molecule has 2 nitrogen and oxygen atoms in total. The van der Waals surface area contributed by atoms with Crippen LogP contribution >= 0.6 is 0 Å². The highest BCUT2D eigenvalue weighted by molar-refractivity contribution is 5.69. The smallest absolute Gasteiger partial charge is 0.0991 e. The lowest BCUT2D eigenvalue weighted by Crippen LogP contribution is -1.76. The van der Waals surface area contributed by atoms with Crippen molar-refractivity contribution < 1.29 is 0 Å². The molecule has 0 unspecified atom stereocenters. The molecule has 76 valence electrons. The molecular weight excluding hydrogens is 196 g/mol. The van der Waals surface area contributed by atoms with Crippen LogP contribution in [0.4, 0.5) is 0 Å². The van der Waals surface area contributed by atoms with Crippen molar-refractivity contribution in [3.05, 3.63) is 65.5 Å². The molecule has 0 aliphatic carbocycles. The van der Waals surface area contributed by atoms with Gasteiger partial charge in [0.25, 0.3) is 0 Å². The van der Waals surface area contributed by atoms with Crippen molar-refractivity contribution in [3.8, 4) is 6.07 Å². The van der Waals surface area contributed by atoms with Gasteiger partial charge in [-0.2, -0.15) is 5.26 Å². The van der Waals surface area contributed by atoms with Gasteiger partial charge in [0.1, 0.15) is 0 Å². The number of rotatable bonds is 2. The lowest BCUT2D eigenvalue weighted by molar-refractivity contribution is 1.32. The van der Waals surface area contributed by atoms with Crippen LogP contribution in [-0.4, -0.2) is 4.98 Å². The molecule has 0 N–H and O–H groups in total. The summed E-state index contributed by atoms with van der Waals surface area (Å²) >= 11 is 0. The first-order valence-electron chi connectivity index (χ1n) is 4.97. The molecule has 0 saturated heterocycles. The number of nitriles is 1. The molecule has 0 radical (unpaired) electrons. The molecule has 0 aliphatic rings. The van der Waals surface area contributed by atoms with E-state index in [-0.39, 0.29) is 0 Å². The second kappa shape index (κ2) is 4.90. The van der Waals surface area contributed by atoms with E-state index >= 15 is 0 Å². The lowest BCUT2D eigenvalue weighted by atomic mass is 10.1. The average Bonchev–Trinajstić information content (AvgIpc) is 2.38. The average molecular weight is 206 g/mol. The van der Waals surface area contributed by atoms with Gasteiger partial charge in [0.05, 0.1) is 11.6 Å². The van der Waals surface area contributed by atoms with Gasteiger partial charge in [-0.05, 0) is 35.4 Å². The van der Waals surface area contributed by atoms with Crippen molar-refractivity contribution in [1.29, 1.82) is 5.26 Å². The Morgan fingerprint density at radius 3 is 2.50 bits per heavy atom. The van der Waals surface area contributed by atoms with Gasteiger partial charge < -0.3 is 0 Å². The highest BCUT2D eigenvalue weighted by Gasteiger charge is 1.90. The van der Waals surface area contributed by atoms with Crippen LogP contribution in [0, 0.1) is 11.3 Å². The van der Waals surface area contributed by atoms with E-state index in [1.165, 1.54) is 0 Å². The summed E-state index contributed by atoms with van der Waals surface area (Å²) in [5.41, 5.74) is 2.80. The Hall–Kier alpha value is -2.40. The maximum atomic E-state index is 8.76. The summed E-state index contributed by atoms with van der Waals surface area (Å²) in [5, 5.41) is 8.76. The van der Waals surface area contributed by atoms with Gasteiger partial charge in [-0.15, -0.1) is 0 Å². The minimum atomic E-state index is 0.678. The Bertz CT molecular complexity index is 536. The third-order valence-corrected chi connectivity index (χ3v) is 2.19. The fraction of sp³-hybridized carbons (Fsp3) is 0. The van der Waals surface area contributed by atoms with E-state index in [4.69, 9.17) is 5.26 Å². The lowest BCUT2D eigenvalue weighted by Gasteiger charge is -1.94. The number of benzene rings is 1. The van der Waals surface area contributed by atoms with Crippen LogP contribution in [0.3, 0.4) is 0 Å². The summed E-state index contributed by atoms with van der Waals surface area (Å²) in [6.07, 6.45) is 7.49. The summed E-state index contributed by atoms with van der Waals surface area (Å²) in [6.45, 7) is 0. The van der Waals surface area contributed by atoms with Crippen molar-refractivity contribution in [2.45, 2.75) is 0 Å². The summed E-state index contributed by atoms with van der Waals surface area (Å²) in [5.74, 6) is 0. The van der Waals surface area contributed by atoms with E-state index in [1.54, 1.807) is 18.5 Å². The van der Waals surface area contributed by atoms with E-state index in [2.05, 4.69) is 11.1 Å². The van der Waals surface area contributed by atoms with E-state index in [0.29, 0.717) is 5.56 Å². The number of pyridine rings is 1. The second-order valence-corrected chi connectivity index (χ2v) is 3.35. The number of aromatic nitrogens is 1. The molecule has 0 amide bonds. The quantitative estimate of drug-likeness (QED) is 0.756. The molecule has 0 bridgehead atoms. The molecular formula is C14H10N2. The Morgan fingerprint density at radius 2 is 1.75 bits per heavy atom. The summed E-state index contributed by atoms with van der Waals surface area (Å²) in [7, 11) is 0. The predicted molar refractivity (Wildman–Crippen MR) is 64.3 cm³/mol. The van der Waals surface area contributed by atoms with Gasteiger partial charge in [-0.3, -0.25) is 4.98 Å². The highest BCUT2D eigenvalue weighted by atomic mass is 14.6. The summed E-state index contributed by atoms with van der Waals surface area (Å²) in [4.78, 5) is 3.95. The zero-order valence-corrected chi connectivity index (χ0v) is 8.67. The monoisotopic (exact) mass is 206 g/mol. The maximum absolute atomic E-state index is 8.76. The van der Waals surface area contributed by atoms with Gasteiger partial charge in [-0.25, -0.2) is 0 Å². The zero-order chi connectivity index (χ0) is 11.2. The second-order valence-electron chi connectivity index (χ2n) is 3.35. The van der Waals surface area contributed by atoms with Crippen molar-refractivity contribution in [3.63, 3.8) is 0 Å². The highest BCUT2D eigenvalue weighted by Crippen LogP contribution is 2.09. The first kappa shape index (κ1) is 10.1.